The van der Waals surface area contributed by atoms with Gasteiger partial charge in [0.05, 0.1) is 23.5 Å². The number of anilines is 1. The number of piperidine rings is 1. The molecule has 4 rings (SSSR count). The number of carbonyl (C=O) groups excluding carboxylic acids is 1. The maximum absolute atomic E-state index is 13.1. The molecule has 9 heteroatoms. The van der Waals surface area contributed by atoms with Gasteiger partial charge in [-0.05, 0) is 68.4 Å². The van der Waals surface area contributed by atoms with E-state index in [2.05, 4.69) is 11.4 Å². The second kappa shape index (κ2) is 9.61. The van der Waals surface area contributed by atoms with Crippen LogP contribution in [0.3, 0.4) is 0 Å². The standard InChI is InChI=1S/C23H27N3O4S2/c1-30-17-9-11-18(12-10-17)32(28,29)26-13-5-6-16(15-26)22(27)25-23-20(14-24)19-7-3-2-4-8-21(19)31-23/h9-12,16H,2-8,13,15H2,1H3,(H,25,27). The van der Waals surface area contributed by atoms with Crippen molar-refractivity contribution >= 4 is 32.3 Å². The first-order chi connectivity index (χ1) is 15.4. The van der Waals surface area contributed by atoms with Gasteiger partial charge in [-0.25, -0.2) is 8.42 Å². The zero-order chi connectivity index (χ0) is 22.7. The zero-order valence-electron chi connectivity index (χ0n) is 18.1. The van der Waals surface area contributed by atoms with Crippen LogP contribution in [-0.4, -0.2) is 38.8 Å². The van der Waals surface area contributed by atoms with Crippen molar-refractivity contribution < 1.29 is 17.9 Å². The number of nitrogens with zero attached hydrogens (tertiary/aromatic N) is 2. The number of aryl methyl sites for hydroxylation is 1. The van der Waals surface area contributed by atoms with E-state index in [1.54, 1.807) is 12.1 Å². The van der Waals surface area contributed by atoms with E-state index >= 15 is 0 Å². The van der Waals surface area contributed by atoms with Crippen LogP contribution in [-0.2, 0) is 27.7 Å². The topological polar surface area (TPSA) is 99.5 Å². The quantitative estimate of drug-likeness (QED) is 0.663. The molecule has 1 N–H and O–H groups in total. The molecule has 1 aromatic carbocycles. The minimum Gasteiger partial charge on any atom is -0.497 e. The predicted octanol–water partition coefficient (Wildman–Crippen LogP) is 3.94. The van der Waals surface area contributed by atoms with Gasteiger partial charge in [-0.1, -0.05) is 6.42 Å². The molecule has 1 aromatic heterocycles. The number of amides is 1. The Morgan fingerprint density at radius 1 is 1.19 bits per heavy atom. The molecule has 1 atom stereocenters. The Bertz CT molecular complexity index is 1130. The summed E-state index contributed by atoms with van der Waals surface area (Å²) in [6, 6.07) is 8.56. The molecule has 170 valence electrons. The van der Waals surface area contributed by atoms with E-state index in [1.165, 1.54) is 39.8 Å². The monoisotopic (exact) mass is 473 g/mol. The molecule has 1 fully saturated rings. The highest BCUT2D eigenvalue weighted by atomic mass is 32.2. The fraction of sp³-hybridized carbons (Fsp3) is 0.478. The van der Waals surface area contributed by atoms with E-state index in [0.717, 1.165) is 37.7 Å². The first kappa shape index (κ1) is 22.8. The molecular formula is C23H27N3O4S2. The second-order valence-corrected chi connectivity index (χ2v) is 11.3. The van der Waals surface area contributed by atoms with Gasteiger partial charge in [-0.3, -0.25) is 4.79 Å². The number of hydrogen-bond acceptors (Lipinski definition) is 6. The minimum atomic E-state index is -3.70. The Balaban J connectivity index is 1.49. The lowest BCUT2D eigenvalue weighted by Gasteiger charge is -2.31. The van der Waals surface area contributed by atoms with Gasteiger partial charge in [0.15, 0.2) is 0 Å². The minimum absolute atomic E-state index is 0.132. The number of benzene rings is 1. The lowest BCUT2D eigenvalue weighted by molar-refractivity contribution is -0.120. The largest absolute Gasteiger partial charge is 0.497 e. The molecule has 7 nitrogen and oxygen atoms in total. The van der Waals surface area contributed by atoms with Crippen LogP contribution in [0.2, 0.25) is 0 Å². The molecule has 1 aliphatic heterocycles. The number of nitrogens with one attached hydrogen (secondary N) is 1. The van der Waals surface area contributed by atoms with E-state index in [4.69, 9.17) is 4.74 Å². The maximum Gasteiger partial charge on any atom is 0.243 e. The molecule has 1 amide bonds. The summed E-state index contributed by atoms with van der Waals surface area (Å²) in [5, 5.41) is 13.3. The number of methoxy groups -OCH3 is 1. The molecule has 1 saturated heterocycles. The van der Waals surface area contributed by atoms with E-state index in [1.807, 2.05) is 0 Å². The average Bonchev–Trinajstić information content (AvgIpc) is 2.97. The molecule has 32 heavy (non-hydrogen) atoms. The van der Waals surface area contributed by atoms with Gasteiger partial charge >= 0.3 is 0 Å². The average molecular weight is 474 g/mol. The first-order valence-electron chi connectivity index (χ1n) is 10.9. The molecule has 0 saturated carbocycles. The van der Waals surface area contributed by atoms with Crippen LogP contribution >= 0.6 is 11.3 Å². The van der Waals surface area contributed by atoms with Crippen molar-refractivity contribution in [1.29, 1.82) is 5.26 Å². The van der Waals surface area contributed by atoms with Gasteiger partial charge in [0.1, 0.15) is 16.8 Å². The zero-order valence-corrected chi connectivity index (χ0v) is 19.7. The van der Waals surface area contributed by atoms with Crippen LogP contribution in [0.4, 0.5) is 5.00 Å². The molecule has 2 heterocycles. The molecule has 1 aliphatic carbocycles. The summed E-state index contributed by atoms with van der Waals surface area (Å²) in [4.78, 5) is 14.4. The van der Waals surface area contributed by atoms with Crippen LogP contribution < -0.4 is 10.1 Å². The molecule has 0 spiro atoms. The van der Waals surface area contributed by atoms with E-state index in [9.17, 15) is 18.5 Å². The number of rotatable bonds is 5. The Morgan fingerprint density at radius 2 is 1.94 bits per heavy atom. The van der Waals surface area contributed by atoms with Crippen molar-refractivity contribution in [2.75, 3.05) is 25.5 Å². The second-order valence-electron chi connectivity index (χ2n) is 8.25. The number of carbonyl (C=O) groups is 1. The van der Waals surface area contributed by atoms with Crippen LogP contribution in [0, 0.1) is 17.2 Å². The van der Waals surface area contributed by atoms with Gasteiger partial charge in [0.2, 0.25) is 15.9 Å². The van der Waals surface area contributed by atoms with Crippen molar-refractivity contribution in [3.05, 3.63) is 40.3 Å². The van der Waals surface area contributed by atoms with Crippen molar-refractivity contribution in [1.82, 2.24) is 4.31 Å². The molecule has 2 aromatic rings. The SMILES string of the molecule is COc1ccc(S(=O)(=O)N2CCCC(C(=O)Nc3sc4c(c3C#N)CCCCC4)C2)cc1. The van der Waals surface area contributed by atoms with Gasteiger partial charge in [-0.2, -0.15) is 9.57 Å². The highest BCUT2D eigenvalue weighted by Crippen LogP contribution is 2.37. The number of nitriles is 1. The van der Waals surface area contributed by atoms with Gasteiger partial charge in [0.25, 0.3) is 0 Å². The van der Waals surface area contributed by atoms with Crippen LogP contribution in [0.15, 0.2) is 29.2 Å². The summed E-state index contributed by atoms with van der Waals surface area (Å²) in [5.74, 6) is -0.0831. The van der Waals surface area contributed by atoms with Crippen molar-refractivity contribution in [2.24, 2.45) is 5.92 Å². The Morgan fingerprint density at radius 3 is 2.66 bits per heavy atom. The van der Waals surface area contributed by atoms with Gasteiger partial charge in [0, 0.05) is 18.0 Å². The number of hydrogen-bond donors (Lipinski definition) is 1. The van der Waals surface area contributed by atoms with Crippen LogP contribution in [0.25, 0.3) is 0 Å². The lowest BCUT2D eigenvalue weighted by Crippen LogP contribution is -2.43. The third-order valence-corrected chi connectivity index (χ3v) is 9.31. The van der Waals surface area contributed by atoms with E-state index < -0.39 is 15.9 Å². The van der Waals surface area contributed by atoms with Crippen molar-refractivity contribution in [3.63, 3.8) is 0 Å². The Kier molecular flexibility index (Phi) is 6.84. The van der Waals surface area contributed by atoms with Crippen molar-refractivity contribution in [3.8, 4) is 11.8 Å². The summed E-state index contributed by atoms with van der Waals surface area (Å²) < 4.78 is 32.7. The van der Waals surface area contributed by atoms with Crippen LogP contribution in [0.5, 0.6) is 5.75 Å². The van der Waals surface area contributed by atoms with E-state index in [-0.39, 0.29) is 17.3 Å². The summed E-state index contributed by atoms with van der Waals surface area (Å²) in [6.45, 7) is 0.516. The highest BCUT2D eigenvalue weighted by molar-refractivity contribution is 7.89. The third kappa shape index (κ3) is 4.53. The molecule has 0 radical (unpaired) electrons. The molecule has 0 bridgehead atoms. The lowest BCUT2D eigenvalue weighted by atomic mass is 9.98. The number of ether oxygens (including phenoxy) is 1. The fourth-order valence-electron chi connectivity index (χ4n) is 4.43. The number of thiophene rings is 1. The summed E-state index contributed by atoms with van der Waals surface area (Å²) in [7, 11) is -2.17. The highest BCUT2D eigenvalue weighted by Gasteiger charge is 2.34. The van der Waals surface area contributed by atoms with Crippen molar-refractivity contribution in [2.45, 2.75) is 49.8 Å². The van der Waals surface area contributed by atoms with Crippen LogP contribution in [0.1, 0.15) is 48.1 Å². The fourth-order valence-corrected chi connectivity index (χ4v) is 7.20. The Labute approximate surface area is 193 Å². The van der Waals surface area contributed by atoms with Gasteiger partial charge in [-0.15, -0.1) is 11.3 Å². The number of fused-ring (bicyclic) bond motifs is 1. The number of sulfonamides is 1. The van der Waals surface area contributed by atoms with Gasteiger partial charge < -0.3 is 10.1 Å². The summed E-state index contributed by atoms with van der Waals surface area (Å²) in [6.07, 6.45) is 6.38. The smallest absolute Gasteiger partial charge is 0.243 e. The first-order valence-corrected chi connectivity index (χ1v) is 13.2. The summed E-state index contributed by atoms with van der Waals surface area (Å²) in [5.41, 5.74) is 1.66. The Hall–Kier alpha value is -2.41. The molecular weight excluding hydrogens is 446 g/mol. The van der Waals surface area contributed by atoms with E-state index in [0.29, 0.717) is 35.7 Å². The molecule has 1 unspecified atom stereocenters. The summed E-state index contributed by atoms with van der Waals surface area (Å²) >= 11 is 1.50. The molecule has 2 aliphatic rings. The normalized spacial score (nSPS) is 19.4. The third-order valence-electron chi connectivity index (χ3n) is 6.22. The maximum atomic E-state index is 13.1. The predicted molar refractivity (Wildman–Crippen MR) is 123 cm³/mol.